The zero-order chi connectivity index (χ0) is 22.8. The number of carbonyl (C=O) groups is 3. The summed E-state index contributed by atoms with van der Waals surface area (Å²) < 4.78 is 0. The van der Waals surface area contributed by atoms with E-state index in [9.17, 15) is 19.2 Å². The molecule has 1 aliphatic carbocycles. The molecule has 164 valence electrons. The first-order valence-electron chi connectivity index (χ1n) is 10.5. The number of Topliss-reactive ketones (excluding diaryl/α,β-unsaturated/α-hetero) is 1. The average Bonchev–Trinajstić information content (AvgIpc) is 2.64. The van der Waals surface area contributed by atoms with Crippen LogP contribution in [0.2, 0.25) is 0 Å². The van der Waals surface area contributed by atoms with Gasteiger partial charge in [-0.15, -0.1) is 0 Å². The Kier molecular flexibility index (Phi) is 6.43. The van der Waals surface area contributed by atoms with Gasteiger partial charge in [-0.2, -0.15) is 0 Å². The van der Waals surface area contributed by atoms with Gasteiger partial charge in [-0.1, -0.05) is 39.8 Å². The van der Waals surface area contributed by atoms with Crippen LogP contribution in [-0.4, -0.2) is 22.6 Å². The third-order valence-electron chi connectivity index (χ3n) is 5.22. The molecule has 7 nitrogen and oxygen atoms in total. The van der Waals surface area contributed by atoms with Crippen molar-refractivity contribution in [3.8, 4) is 0 Å². The molecule has 31 heavy (non-hydrogen) atoms. The molecule has 0 fully saturated rings. The molecular formula is C24H29N3O4. The summed E-state index contributed by atoms with van der Waals surface area (Å²) in [6.07, 6.45) is 1.39. The average molecular weight is 424 g/mol. The van der Waals surface area contributed by atoms with Crippen molar-refractivity contribution in [2.75, 3.05) is 5.32 Å². The maximum absolute atomic E-state index is 12.6. The Bertz CT molecular complexity index is 1080. The maximum atomic E-state index is 12.6. The number of aromatic nitrogens is 1. The molecule has 1 aromatic heterocycles. The maximum Gasteiger partial charge on any atom is 0.261 e. The number of H-pyrrole nitrogens is 1. The fourth-order valence-corrected chi connectivity index (χ4v) is 3.82. The van der Waals surface area contributed by atoms with Gasteiger partial charge in [-0.3, -0.25) is 19.2 Å². The van der Waals surface area contributed by atoms with Crippen LogP contribution >= 0.6 is 0 Å². The van der Waals surface area contributed by atoms with Crippen molar-refractivity contribution in [2.24, 2.45) is 11.3 Å². The molecule has 7 heteroatoms. The fraction of sp³-hybridized carbons (Fsp3) is 0.417. The quantitative estimate of drug-likeness (QED) is 0.661. The SMILES string of the molecule is CC(C)CC(=O)Nc1cccc(CNC(=O)c2cc3c([nH]c2=O)CC(C)(C)CC3=O)c1. The van der Waals surface area contributed by atoms with Gasteiger partial charge in [0.05, 0.1) is 0 Å². The van der Waals surface area contributed by atoms with Crippen LogP contribution in [-0.2, 0) is 17.8 Å². The lowest BCUT2D eigenvalue weighted by atomic mass is 9.75. The lowest BCUT2D eigenvalue weighted by Crippen LogP contribution is -2.34. The highest BCUT2D eigenvalue weighted by molar-refractivity contribution is 6.02. The number of aromatic amines is 1. The van der Waals surface area contributed by atoms with Crippen molar-refractivity contribution in [1.29, 1.82) is 0 Å². The van der Waals surface area contributed by atoms with Crippen LogP contribution in [0.5, 0.6) is 0 Å². The Labute approximate surface area is 181 Å². The number of amides is 2. The second-order valence-electron chi connectivity index (χ2n) is 9.37. The lowest BCUT2D eigenvalue weighted by molar-refractivity contribution is -0.116. The molecule has 0 unspecified atom stereocenters. The molecule has 1 heterocycles. The molecular weight excluding hydrogens is 394 g/mol. The number of fused-ring (bicyclic) bond motifs is 1. The van der Waals surface area contributed by atoms with E-state index in [0.717, 1.165) is 5.56 Å². The highest BCUT2D eigenvalue weighted by Crippen LogP contribution is 2.33. The highest BCUT2D eigenvalue weighted by Gasteiger charge is 2.32. The van der Waals surface area contributed by atoms with Gasteiger partial charge in [0.15, 0.2) is 5.78 Å². The van der Waals surface area contributed by atoms with Crippen molar-refractivity contribution in [1.82, 2.24) is 10.3 Å². The van der Waals surface area contributed by atoms with Crippen LogP contribution in [0, 0.1) is 11.3 Å². The zero-order valence-electron chi connectivity index (χ0n) is 18.4. The van der Waals surface area contributed by atoms with Gasteiger partial charge in [0.25, 0.3) is 11.5 Å². The molecule has 3 N–H and O–H groups in total. The first-order valence-corrected chi connectivity index (χ1v) is 10.5. The summed E-state index contributed by atoms with van der Waals surface area (Å²) in [5, 5.41) is 5.57. The van der Waals surface area contributed by atoms with E-state index in [0.29, 0.717) is 36.2 Å². The molecule has 1 aromatic carbocycles. The normalized spacial score (nSPS) is 14.8. The Morgan fingerprint density at radius 1 is 1.13 bits per heavy atom. The Hall–Kier alpha value is -3.22. The van der Waals surface area contributed by atoms with E-state index in [2.05, 4.69) is 15.6 Å². The smallest absolute Gasteiger partial charge is 0.261 e. The third-order valence-corrected chi connectivity index (χ3v) is 5.22. The van der Waals surface area contributed by atoms with Gasteiger partial charge in [0.2, 0.25) is 5.91 Å². The first kappa shape index (κ1) is 22.5. The van der Waals surface area contributed by atoms with Crippen LogP contribution in [0.15, 0.2) is 35.1 Å². The summed E-state index contributed by atoms with van der Waals surface area (Å²) >= 11 is 0. The summed E-state index contributed by atoms with van der Waals surface area (Å²) in [6, 6.07) is 8.58. The molecule has 0 radical (unpaired) electrons. The summed E-state index contributed by atoms with van der Waals surface area (Å²) in [5.74, 6) is -0.419. The third kappa shape index (κ3) is 5.69. The Morgan fingerprint density at radius 3 is 2.58 bits per heavy atom. The summed E-state index contributed by atoms with van der Waals surface area (Å²) in [4.78, 5) is 52.2. The van der Waals surface area contributed by atoms with Gasteiger partial charge in [0.1, 0.15) is 5.56 Å². The molecule has 1 aliphatic rings. The minimum atomic E-state index is -0.545. The van der Waals surface area contributed by atoms with Crippen LogP contribution < -0.4 is 16.2 Å². The van der Waals surface area contributed by atoms with Crippen molar-refractivity contribution in [3.05, 3.63) is 63.1 Å². The van der Waals surface area contributed by atoms with Gasteiger partial charge < -0.3 is 15.6 Å². The highest BCUT2D eigenvalue weighted by atomic mass is 16.2. The van der Waals surface area contributed by atoms with Crippen LogP contribution in [0.3, 0.4) is 0 Å². The molecule has 2 aromatic rings. The molecule has 0 saturated carbocycles. The number of carbonyl (C=O) groups excluding carboxylic acids is 3. The number of hydrogen-bond donors (Lipinski definition) is 3. The van der Waals surface area contributed by atoms with Crippen LogP contribution in [0.4, 0.5) is 5.69 Å². The topological polar surface area (TPSA) is 108 Å². The summed E-state index contributed by atoms with van der Waals surface area (Å²) in [7, 11) is 0. The van der Waals surface area contributed by atoms with Crippen molar-refractivity contribution < 1.29 is 14.4 Å². The number of rotatable bonds is 6. The number of hydrogen-bond acceptors (Lipinski definition) is 4. The van der Waals surface area contributed by atoms with Crippen molar-refractivity contribution >= 4 is 23.3 Å². The largest absolute Gasteiger partial charge is 0.348 e. The van der Waals surface area contributed by atoms with E-state index in [1.165, 1.54) is 6.07 Å². The van der Waals surface area contributed by atoms with E-state index < -0.39 is 11.5 Å². The number of pyridine rings is 1. The van der Waals surface area contributed by atoms with Gasteiger partial charge >= 0.3 is 0 Å². The minimum Gasteiger partial charge on any atom is -0.348 e. The standard InChI is InChI=1S/C24H29N3O4/c1-14(2)8-21(29)26-16-7-5-6-15(9-16)13-25-22(30)18-10-17-19(27-23(18)31)11-24(3,4)12-20(17)28/h5-7,9-10,14H,8,11-13H2,1-4H3,(H,25,30)(H,26,29)(H,27,31). The molecule has 3 rings (SSSR count). The van der Waals surface area contributed by atoms with Crippen molar-refractivity contribution in [2.45, 2.75) is 53.5 Å². The van der Waals surface area contributed by atoms with Crippen molar-refractivity contribution in [3.63, 3.8) is 0 Å². The predicted octanol–water partition coefficient (Wildman–Crippen LogP) is 3.44. The molecule has 0 aliphatic heterocycles. The molecule has 0 atom stereocenters. The predicted molar refractivity (Wildman–Crippen MR) is 119 cm³/mol. The second kappa shape index (κ2) is 8.88. The summed E-state index contributed by atoms with van der Waals surface area (Å²) in [6.45, 7) is 8.09. The second-order valence-corrected chi connectivity index (χ2v) is 9.37. The van der Waals surface area contributed by atoms with E-state index >= 15 is 0 Å². The first-order chi connectivity index (χ1) is 14.5. The molecule has 0 spiro atoms. The fourth-order valence-electron chi connectivity index (χ4n) is 3.82. The summed E-state index contributed by atoms with van der Waals surface area (Å²) in [5.41, 5.74) is 1.64. The molecule has 0 saturated heterocycles. The van der Waals surface area contributed by atoms with Gasteiger partial charge in [-0.05, 0) is 41.5 Å². The Balaban J connectivity index is 1.70. The molecule has 2 amide bonds. The monoisotopic (exact) mass is 423 g/mol. The van der Waals surface area contributed by atoms with E-state index in [1.54, 1.807) is 18.2 Å². The van der Waals surface area contributed by atoms with Gasteiger partial charge in [-0.25, -0.2) is 0 Å². The van der Waals surface area contributed by atoms with E-state index in [1.807, 2.05) is 33.8 Å². The Morgan fingerprint density at radius 2 is 1.87 bits per heavy atom. The number of benzene rings is 1. The minimum absolute atomic E-state index is 0.0652. The van der Waals surface area contributed by atoms with E-state index in [4.69, 9.17) is 0 Å². The van der Waals surface area contributed by atoms with Crippen LogP contribution in [0.25, 0.3) is 0 Å². The van der Waals surface area contributed by atoms with Gasteiger partial charge in [0, 0.05) is 36.3 Å². The molecule has 0 bridgehead atoms. The number of nitrogens with one attached hydrogen (secondary N) is 3. The van der Waals surface area contributed by atoms with E-state index in [-0.39, 0.29) is 35.1 Å². The van der Waals surface area contributed by atoms with Crippen LogP contribution in [0.1, 0.15) is 72.5 Å². The number of anilines is 1. The zero-order valence-corrected chi connectivity index (χ0v) is 18.4. The lowest BCUT2D eigenvalue weighted by Gasteiger charge is -2.29. The number of ketones is 1.